The Morgan fingerprint density at radius 3 is 2.70 bits per heavy atom. The Labute approximate surface area is 138 Å². The summed E-state index contributed by atoms with van der Waals surface area (Å²) in [4.78, 5) is 16.0. The third-order valence-corrected chi connectivity index (χ3v) is 3.68. The largest absolute Gasteiger partial charge is 0.487 e. The number of carbonyl (C=O) groups is 1. The molecule has 2 aromatic carbocycles. The van der Waals surface area contributed by atoms with E-state index in [-0.39, 0.29) is 6.61 Å². The van der Waals surface area contributed by atoms with Crippen LogP contribution in [0.2, 0.25) is 5.15 Å². The van der Waals surface area contributed by atoms with Crippen molar-refractivity contribution in [2.24, 2.45) is 0 Å². The van der Waals surface area contributed by atoms with E-state index in [1.54, 1.807) is 18.3 Å². The lowest BCUT2D eigenvalue weighted by Gasteiger charge is -2.13. The molecule has 0 saturated heterocycles. The molecule has 0 aliphatic rings. The van der Waals surface area contributed by atoms with E-state index in [1.165, 1.54) is 7.11 Å². The van der Waals surface area contributed by atoms with Crippen molar-refractivity contribution in [2.75, 3.05) is 7.11 Å². The molecule has 23 heavy (non-hydrogen) atoms. The average molecular weight is 328 g/mol. The summed E-state index contributed by atoms with van der Waals surface area (Å²) in [6.07, 6.45) is 1.64. The fourth-order valence-corrected chi connectivity index (χ4v) is 2.43. The number of nitrogens with zero attached hydrogens (tertiary/aromatic N) is 1. The van der Waals surface area contributed by atoms with Crippen LogP contribution in [0.5, 0.6) is 5.75 Å². The van der Waals surface area contributed by atoms with Crippen molar-refractivity contribution in [3.8, 4) is 5.75 Å². The number of fused-ring (bicyclic) bond motifs is 1. The minimum absolute atomic E-state index is 0.280. The maximum atomic E-state index is 12.0. The van der Waals surface area contributed by atoms with Gasteiger partial charge in [-0.05, 0) is 17.5 Å². The van der Waals surface area contributed by atoms with Crippen LogP contribution in [-0.4, -0.2) is 18.1 Å². The van der Waals surface area contributed by atoms with Gasteiger partial charge >= 0.3 is 5.97 Å². The third-order valence-electron chi connectivity index (χ3n) is 3.46. The van der Waals surface area contributed by atoms with Crippen LogP contribution in [0.4, 0.5) is 0 Å². The molecule has 0 aliphatic heterocycles. The summed E-state index contributed by atoms with van der Waals surface area (Å²) in [5.41, 5.74) is 1.26. The normalized spacial score (nSPS) is 10.5. The number of esters is 1. The Balaban J connectivity index is 1.99. The second-order valence-electron chi connectivity index (χ2n) is 4.93. The maximum Gasteiger partial charge on any atom is 0.341 e. The second kappa shape index (κ2) is 6.67. The van der Waals surface area contributed by atoms with Crippen molar-refractivity contribution >= 4 is 28.3 Å². The van der Waals surface area contributed by atoms with Gasteiger partial charge in [-0.2, -0.15) is 0 Å². The van der Waals surface area contributed by atoms with Gasteiger partial charge in [0.15, 0.2) is 0 Å². The molecule has 0 saturated carbocycles. The molecule has 0 amide bonds. The smallest absolute Gasteiger partial charge is 0.341 e. The molecule has 3 rings (SSSR count). The van der Waals surface area contributed by atoms with E-state index >= 15 is 0 Å². The highest BCUT2D eigenvalue weighted by atomic mass is 35.5. The first-order valence-electron chi connectivity index (χ1n) is 7.02. The predicted octanol–water partition coefficient (Wildman–Crippen LogP) is 4.25. The molecule has 0 radical (unpaired) electrons. The zero-order valence-electron chi connectivity index (χ0n) is 12.5. The molecular weight excluding hydrogens is 314 g/mol. The number of carbonyl (C=O) groups excluding carboxylic acids is 1. The first-order valence-corrected chi connectivity index (χ1v) is 7.40. The van der Waals surface area contributed by atoms with Crippen molar-refractivity contribution in [3.63, 3.8) is 0 Å². The Bertz CT molecular complexity index is 847. The Hall–Kier alpha value is -2.59. The Morgan fingerprint density at radius 2 is 1.96 bits per heavy atom. The summed E-state index contributed by atoms with van der Waals surface area (Å²) in [5, 5.41) is 2.27. The van der Waals surface area contributed by atoms with Gasteiger partial charge in [-0.25, -0.2) is 9.78 Å². The highest BCUT2D eigenvalue weighted by Crippen LogP contribution is 2.31. The molecule has 1 aromatic heterocycles. The molecule has 0 unspecified atom stereocenters. The number of benzene rings is 2. The van der Waals surface area contributed by atoms with Gasteiger partial charge in [-0.1, -0.05) is 48.0 Å². The van der Waals surface area contributed by atoms with Crippen LogP contribution in [0.3, 0.4) is 0 Å². The molecule has 0 spiro atoms. The van der Waals surface area contributed by atoms with E-state index in [1.807, 2.05) is 36.4 Å². The average Bonchev–Trinajstić information content (AvgIpc) is 2.60. The molecular formula is C18H14ClNO3. The fraction of sp³-hybridized carbons (Fsp3) is 0.111. The number of ether oxygens (including phenoxy) is 2. The molecule has 0 aliphatic carbocycles. The first kappa shape index (κ1) is 15.3. The van der Waals surface area contributed by atoms with Crippen LogP contribution in [0.25, 0.3) is 10.8 Å². The zero-order chi connectivity index (χ0) is 16.2. The Kier molecular flexibility index (Phi) is 4.44. The van der Waals surface area contributed by atoms with Crippen molar-refractivity contribution in [1.29, 1.82) is 0 Å². The highest BCUT2D eigenvalue weighted by molar-refractivity contribution is 6.29. The molecule has 0 atom stereocenters. The molecule has 5 heteroatoms. The molecule has 1 heterocycles. The number of hydrogen-bond donors (Lipinski definition) is 0. The quantitative estimate of drug-likeness (QED) is 0.531. The number of methoxy groups -OCH3 is 1. The van der Waals surface area contributed by atoms with Crippen molar-refractivity contribution < 1.29 is 14.3 Å². The van der Waals surface area contributed by atoms with Gasteiger partial charge in [-0.3, -0.25) is 0 Å². The SMILES string of the molecule is COC(=O)c1ccc2ccccc2c1OCc1ccc(Cl)nc1. The Morgan fingerprint density at radius 1 is 1.13 bits per heavy atom. The number of halogens is 1. The van der Waals surface area contributed by atoms with Gasteiger partial charge in [0.25, 0.3) is 0 Å². The number of rotatable bonds is 4. The lowest BCUT2D eigenvalue weighted by Crippen LogP contribution is -2.06. The van der Waals surface area contributed by atoms with Crippen LogP contribution >= 0.6 is 11.6 Å². The summed E-state index contributed by atoms with van der Waals surface area (Å²) >= 11 is 5.78. The van der Waals surface area contributed by atoms with Gasteiger partial charge < -0.3 is 9.47 Å². The van der Waals surface area contributed by atoms with E-state index in [0.29, 0.717) is 16.5 Å². The van der Waals surface area contributed by atoms with E-state index in [0.717, 1.165) is 16.3 Å². The van der Waals surface area contributed by atoms with Crippen molar-refractivity contribution in [3.05, 3.63) is 71.0 Å². The van der Waals surface area contributed by atoms with E-state index in [2.05, 4.69) is 4.98 Å². The molecule has 0 bridgehead atoms. The van der Waals surface area contributed by atoms with Crippen LogP contribution < -0.4 is 4.74 Å². The molecule has 116 valence electrons. The van der Waals surface area contributed by atoms with E-state index < -0.39 is 5.97 Å². The van der Waals surface area contributed by atoms with Crippen molar-refractivity contribution in [1.82, 2.24) is 4.98 Å². The van der Waals surface area contributed by atoms with E-state index in [9.17, 15) is 4.79 Å². The first-order chi connectivity index (χ1) is 11.2. The lowest BCUT2D eigenvalue weighted by atomic mass is 10.1. The van der Waals surface area contributed by atoms with Gasteiger partial charge in [0.2, 0.25) is 0 Å². The lowest BCUT2D eigenvalue weighted by molar-refractivity contribution is 0.0596. The summed E-state index contributed by atoms with van der Waals surface area (Å²) in [6.45, 7) is 0.280. The second-order valence-corrected chi connectivity index (χ2v) is 5.32. The molecule has 0 fully saturated rings. The summed E-state index contributed by atoms with van der Waals surface area (Å²) in [5.74, 6) is 0.0740. The molecule has 4 nitrogen and oxygen atoms in total. The zero-order valence-corrected chi connectivity index (χ0v) is 13.2. The number of aromatic nitrogens is 1. The van der Waals surface area contributed by atoms with Gasteiger partial charge in [0, 0.05) is 17.1 Å². The van der Waals surface area contributed by atoms with Gasteiger partial charge in [0.05, 0.1) is 7.11 Å². The number of hydrogen-bond acceptors (Lipinski definition) is 4. The van der Waals surface area contributed by atoms with Crippen LogP contribution in [0.1, 0.15) is 15.9 Å². The molecule has 3 aromatic rings. The predicted molar refractivity (Wildman–Crippen MR) is 88.9 cm³/mol. The van der Waals surface area contributed by atoms with Crippen LogP contribution in [0, 0.1) is 0 Å². The van der Waals surface area contributed by atoms with Crippen molar-refractivity contribution in [2.45, 2.75) is 6.61 Å². The minimum atomic E-state index is -0.431. The van der Waals surface area contributed by atoms with E-state index in [4.69, 9.17) is 21.1 Å². The number of pyridine rings is 1. The topological polar surface area (TPSA) is 48.4 Å². The third kappa shape index (κ3) is 3.27. The van der Waals surface area contributed by atoms with Gasteiger partial charge in [-0.15, -0.1) is 0 Å². The maximum absolute atomic E-state index is 12.0. The summed E-state index contributed by atoms with van der Waals surface area (Å²) in [7, 11) is 1.35. The molecule has 0 N–H and O–H groups in total. The van der Waals surface area contributed by atoms with Crippen LogP contribution in [-0.2, 0) is 11.3 Å². The minimum Gasteiger partial charge on any atom is -0.487 e. The monoisotopic (exact) mass is 327 g/mol. The summed E-state index contributed by atoms with van der Waals surface area (Å²) in [6, 6.07) is 14.8. The standard InChI is InChI=1S/C18H14ClNO3/c1-22-18(21)15-8-7-13-4-2-3-5-14(13)17(15)23-11-12-6-9-16(19)20-10-12/h2-10H,11H2,1H3. The fourth-order valence-electron chi connectivity index (χ4n) is 2.32. The van der Waals surface area contributed by atoms with Crippen LogP contribution in [0.15, 0.2) is 54.7 Å². The highest BCUT2D eigenvalue weighted by Gasteiger charge is 2.16. The summed E-state index contributed by atoms with van der Waals surface area (Å²) < 4.78 is 10.8. The van der Waals surface area contributed by atoms with Gasteiger partial charge in [0.1, 0.15) is 23.1 Å².